The van der Waals surface area contributed by atoms with Crippen LogP contribution in [0.2, 0.25) is 0 Å². The van der Waals surface area contributed by atoms with Crippen LogP contribution >= 0.6 is 0 Å². The number of nitrogens with two attached hydrogens (primary N) is 1. The maximum absolute atomic E-state index is 11.1. The Bertz CT molecular complexity index is 212. The van der Waals surface area contributed by atoms with E-state index in [1.807, 2.05) is 13.8 Å². The molecule has 94 valence electrons. The van der Waals surface area contributed by atoms with Crippen molar-refractivity contribution in [1.29, 1.82) is 0 Å². The molecule has 1 aliphatic rings. The third kappa shape index (κ3) is 4.49. The number of likely N-dealkylation sites (tertiary alicyclic amines) is 1. The van der Waals surface area contributed by atoms with Gasteiger partial charge in [0.2, 0.25) is 5.91 Å². The molecule has 0 aromatic heterocycles. The number of carbonyl (C=O) groups excluding carboxylic acids is 1. The highest BCUT2D eigenvalue weighted by atomic mass is 16.1. The molecule has 0 radical (unpaired) electrons. The van der Waals surface area contributed by atoms with E-state index in [1.54, 1.807) is 0 Å². The van der Waals surface area contributed by atoms with Gasteiger partial charge in [-0.3, -0.25) is 4.79 Å². The van der Waals surface area contributed by atoms with E-state index in [0.29, 0.717) is 0 Å². The third-order valence-corrected chi connectivity index (χ3v) is 3.19. The standard InChI is InChI=1S/C12H25N3O/c1-10(2)11(12(13)16)14-6-5-9-15-7-3-4-8-15/h10-11,14H,3-9H2,1-2H3,(H2,13,16). The molecule has 0 aromatic carbocycles. The van der Waals surface area contributed by atoms with E-state index in [9.17, 15) is 4.79 Å². The van der Waals surface area contributed by atoms with Gasteiger partial charge in [-0.1, -0.05) is 13.8 Å². The summed E-state index contributed by atoms with van der Waals surface area (Å²) in [4.78, 5) is 13.6. The Balaban J connectivity index is 2.10. The highest BCUT2D eigenvalue weighted by Gasteiger charge is 2.18. The van der Waals surface area contributed by atoms with Crippen molar-refractivity contribution in [3.05, 3.63) is 0 Å². The summed E-state index contributed by atoms with van der Waals surface area (Å²) in [5, 5.41) is 3.24. The van der Waals surface area contributed by atoms with Crippen molar-refractivity contribution in [1.82, 2.24) is 10.2 Å². The summed E-state index contributed by atoms with van der Waals surface area (Å²) < 4.78 is 0. The Labute approximate surface area is 98.6 Å². The zero-order valence-corrected chi connectivity index (χ0v) is 10.5. The lowest BCUT2D eigenvalue weighted by atomic mass is 10.0. The van der Waals surface area contributed by atoms with E-state index in [2.05, 4.69) is 10.2 Å². The number of hydrogen-bond donors (Lipinski definition) is 2. The number of rotatable bonds is 7. The Hall–Kier alpha value is -0.610. The van der Waals surface area contributed by atoms with Gasteiger partial charge in [0.25, 0.3) is 0 Å². The van der Waals surface area contributed by atoms with Gasteiger partial charge in [0.15, 0.2) is 0 Å². The third-order valence-electron chi connectivity index (χ3n) is 3.19. The normalized spacial score (nSPS) is 19.2. The number of nitrogens with zero attached hydrogens (tertiary/aromatic N) is 1. The first-order valence-corrected chi connectivity index (χ1v) is 6.36. The minimum atomic E-state index is -0.240. The van der Waals surface area contributed by atoms with Crippen molar-refractivity contribution in [2.75, 3.05) is 26.2 Å². The zero-order valence-electron chi connectivity index (χ0n) is 10.5. The Morgan fingerprint density at radius 3 is 2.50 bits per heavy atom. The van der Waals surface area contributed by atoms with Gasteiger partial charge in [-0.15, -0.1) is 0 Å². The summed E-state index contributed by atoms with van der Waals surface area (Å²) in [5.41, 5.74) is 5.33. The molecule has 0 bridgehead atoms. The first kappa shape index (κ1) is 13.5. The van der Waals surface area contributed by atoms with Crippen LogP contribution in [0.5, 0.6) is 0 Å². The molecule has 4 heteroatoms. The lowest BCUT2D eigenvalue weighted by molar-refractivity contribution is -0.121. The van der Waals surface area contributed by atoms with Crippen molar-refractivity contribution in [3.63, 3.8) is 0 Å². The van der Waals surface area contributed by atoms with Crippen LogP contribution in [-0.2, 0) is 4.79 Å². The first-order chi connectivity index (χ1) is 7.61. The van der Waals surface area contributed by atoms with Gasteiger partial charge in [-0.2, -0.15) is 0 Å². The van der Waals surface area contributed by atoms with Gasteiger partial charge >= 0.3 is 0 Å². The smallest absolute Gasteiger partial charge is 0.234 e. The van der Waals surface area contributed by atoms with Crippen LogP contribution in [0.1, 0.15) is 33.1 Å². The molecule has 16 heavy (non-hydrogen) atoms. The van der Waals surface area contributed by atoms with Crippen LogP contribution in [0.25, 0.3) is 0 Å². The molecule has 4 nitrogen and oxygen atoms in total. The van der Waals surface area contributed by atoms with Gasteiger partial charge in [-0.25, -0.2) is 0 Å². The fraction of sp³-hybridized carbons (Fsp3) is 0.917. The number of carbonyl (C=O) groups is 1. The van der Waals surface area contributed by atoms with Crippen molar-refractivity contribution in [3.8, 4) is 0 Å². The van der Waals surface area contributed by atoms with E-state index in [-0.39, 0.29) is 17.9 Å². The molecule has 1 unspecified atom stereocenters. The largest absolute Gasteiger partial charge is 0.368 e. The van der Waals surface area contributed by atoms with Gasteiger partial charge in [0.05, 0.1) is 6.04 Å². The second-order valence-corrected chi connectivity index (χ2v) is 4.98. The van der Waals surface area contributed by atoms with E-state index >= 15 is 0 Å². The number of hydrogen-bond acceptors (Lipinski definition) is 3. The molecule has 1 fully saturated rings. The average Bonchev–Trinajstić information content (AvgIpc) is 2.68. The molecule has 1 aliphatic heterocycles. The lowest BCUT2D eigenvalue weighted by Crippen LogP contribution is -2.45. The van der Waals surface area contributed by atoms with Crippen LogP contribution in [0.3, 0.4) is 0 Å². The SMILES string of the molecule is CC(C)C(NCCCN1CCCC1)C(N)=O. The van der Waals surface area contributed by atoms with E-state index in [1.165, 1.54) is 25.9 Å². The fourth-order valence-corrected chi connectivity index (χ4v) is 2.23. The summed E-state index contributed by atoms with van der Waals surface area (Å²) in [6.07, 6.45) is 3.77. The van der Waals surface area contributed by atoms with E-state index < -0.39 is 0 Å². The van der Waals surface area contributed by atoms with Crippen molar-refractivity contribution >= 4 is 5.91 Å². The molecular formula is C12H25N3O. The van der Waals surface area contributed by atoms with Gasteiger partial charge in [0.1, 0.15) is 0 Å². The predicted molar refractivity (Wildman–Crippen MR) is 66.1 cm³/mol. The number of primary amides is 1. The second-order valence-electron chi connectivity index (χ2n) is 4.98. The number of amides is 1. The number of nitrogens with one attached hydrogen (secondary N) is 1. The summed E-state index contributed by atoms with van der Waals surface area (Å²) in [7, 11) is 0. The molecule has 0 aliphatic carbocycles. The minimum Gasteiger partial charge on any atom is -0.368 e. The highest BCUT2D eigenvalue weighted by Crippen LogP contribution is 2.07. The van der Waals surface area contributed by atoms with Crippen LogP contribution in [0, 0.1) is 5.92 Å². The molecule has 1 atom stereocenters. The van der Waals surface area contributed by atoms with Gasteiger partial charge < -0.3 is 16.0 Å². The molecule has 1 rings (SSSR count). The fourth-order valence-electron chi connectivity index (χ4n) is 2.23. The first-order valence-electron chi connectivity index (χ1n) is 6.36. The van der Waals surface area contributed by atoms with E-state index in [0.717, 1.165) is 19.5 Å². The monoisotopic (exact) mass is 227 g/mol. The quantitative estimate of drug-likeness (QED) is 0.625. The maximum Gasteiger partial charge on any atom is 0.234 e. The molecule has 3 N–H and O–H groups in total. The summed E-state index contributed by atoms with van der Waals surface area (Å²) in [6.45, 7) is 8.53. The molecule has 1 heterocycles. The average molecular weight is 227 g/mol. The van der Waals surface area contributed by atoms with Crippen molar-refractivity contribution in [2.24, 2.45) is 11.7 Å². The minimum absolute atomic E-state index is 0.182. The van der Waals surface area contributed by atoms with Gasteiger partial charge in [0, 0.05) is 0 Å². The summed E-state index contributed by atoms with van der Waals surface area (Å²) in [5.74, 6) is 0.0282. The molecule has 0 saturated carbocycles. The molecule has 1 saturated heterocycles. The highest BCUT2D eigenvalue weighted by molar-refractivity contribution is 5.80. The molecule has 1 amide bonds. The van der Waals surface area contributed by atoms with Crippen LogP contribution in [0.4, 0.5) is 0 Å². The summed E-state index contributed by atoms with van der Waals surface area (Å²) >= 11 is 0. The van der Waals surface area contributed by atoms with Crippen LogP contribution < -0.4 is 11.1 Å². The Morgan fingerprint density at radius 2 is 2.00 bits per heavy atom. The molecule has 0 spiro atoms. The van der Waals surface area contributed by atoms with Crippen LogP contribution in [0.15, 0.2) is 0 Å². The van der Waals surface area contributed by atoms with Crippen LogP contribution in [-0.4, -0.2) is 43.0 Å². The van der Waals surface area contributed by atoms with Crippen molar-refractivity contribution in [2.45, 2.75) is 39.2 Å². The summed E-state index contributed by atoms with van der Waals surface area (Å²) in [6, 6.07) is -0.182. The zero-order chi connectivity index (χ0) is 12.0. The Kier molecular flexibility index (Phi) is 5.77. The Morgan fingerprint density at radius 1 is 1.38 bits per heavy atom. The molecule has 0 aromatic rings. The predicted octanol–water partition coefficient (Wildman–Crippen LogP) is 0.572. The van der Waals surface area contributed by atoms with E-state index in [4.69, 9.17) is 5.73 Å². The van der Waals surface area contributed by atoms with Gasteiger partial charge in [-0.05, 0) is 51.4 Å². The second kappa shape index (κ2) is 6.86. The lowest BCUT2D eigenvalue weighted by Gasteiger charge is -2.20. The van der Waals surface area contributed by atoms with Crippen molar-refractivity contribution < 1.29 is 4.79 Å². The molecular weight excluding hydrogens is 202 g/mol. The topological polar surface area (TPSA) is 58.4 Å². The maximum atomic E-state index is 11.1.